The maximum atomic E-state index is 10.6. The molecule has 2 unspecified atom stereocenters. The van der Waals surface area contributed by atoms with Crippen LogP contribution >= 0.6 is 11.6 Å². The van der Waals surface area contributed by atoms with E-state index >= 15 is 0 Å². The summed E-state index contributed by atoms with van der Waals surface area (Å²) in [6.45, 7) is -0.366. The molecule has 0 bridgehead atoms. The number of benzene rings is 1. The molecule has 0 saturated heterocycles. The van der Waals surface area contributed by atoms with E-state index in [1.54, 1.807) is 24.3 Å². The van der Waals surface area contributed by atoms with Gasteiger partial charge in [0.1, 0.15) is 12.2 Å². The quantitative estimate of drug-likeness (QED) is 0.796. The molecule has 1 aliphatic rings. The second-order valence-electron chi connectivity index (χ2n) is 4.95. The Balaban J connectivity index is 2.14. The van der Waals surface area contributed by atoms with E-state index < -0.39 is 12.2 Å². The van der Waals surface area contributed by atoms with Crippen LogP contribution in [-0.2, 0) is 0 Å². The van der Waals surface area contributed by atoms with Crippen LogP contribution in [0.15, 0.2) is 30.5 Å². The van der Waals surface area contributed by atoms with Crippen LogP contribution in [0.3, 0.4) is 0 Å². The van der Waals surface area contributed by atoms with Gasteiger partial charge in [0.2, 0.25) is 0 Å². The smallest absolute Gasteiger partial charge is 0.107 e. The highest BCUT2D eigenvalue weighted by molar-refractivity contribution is 6.30. The molecule has 0 amide bonds. The third-order valence-electron chi connectivity index (χ3n) is 3.59. The SMILES string of the molecule is OCC(O)c1ccc2c(c1)C(O)c1cc(Cl)cnc1C=C2. The molecule has 1 aliphatic carbocycles. The number of hydrogen-bond acceptors (Lipinski definition) is 4. The first-order valence-corrected chi connectivity index (χ1v) is 6.92. The lowest BCUT2D eigenvalue weighted by Crippen LogP contribution is -2.07. The predicted octanol–water partition coefficient (Wildman–Crippen LogP) is 2.33. The van der Waals surface area contributed by atoms with Crippen molar-refractivity contribution in [2.75, 3.05) is 6.61 Å². The van der Waals surface area contributed by atoms with E-state index in [9.17, 15) is 10.2 Å². The number of pyridine rings is 1. The van der Waals surface area contributed by atoms with Crippen molar-refractivity contribution in [1.82, 2.24) is 4.98 Å². The molecule has 1 heterocycles. The van der Waals surface area contributed by atoms with Gasteiger partial charge in [0.25, 0.3) is 0 Å². The van der Waals surface area contributed by atoms with E-state index in [4.69, 9.17) is 16.7 Å². The summed E-state index contributed by atoms with van der Waals surface area (Å²) in [5, 5.41) is 29.9. The zero-order chi connectivity index (χ0) is 15.0. The summed E-state index contributed by atoms with van der Waals surface area (Å²) < 4.78 is 0. The minimum atomic E-state index is -0.966. The number of fused-ring (bicyclic) bond motifs is 2. The molecule has 3 rings (SSSR count). The van der Waals surface area contributed by atoms with Crippen molar-refractivity contribution in [3.8, 4) is 0 Å². The number of aliphatic hydroxyl groups excluding tert-OH is 3. The van der Waals surface area contributed by atoms with E-state index in [-0.39, 0.29) is 6.61 Å². The van der Waals surface area contributed by atoms with E-state index in [1.165, 1.54) is 6.20 Å². The molecule has 3 N–H and O–H groups in total. The molecule has 5 heteroatoms. The van der Waals surface area contributed by atoms with Gasteiger partial charge in [-0.15, -0.1) is 0 Å². The minimum absolute atomic E-state index is 0.366. The van der Waals surface area contributed by atoms with Gasteiger partial charge in [-0.1, -0.05) is 29.8 Å². The Bertz CT molecular complexity index is 715. The first kappa shape index (κ1) is 14.2. The maximum Gasteiger partial charge on any atom is 0.107 e. The molecule has 0 spiro atoms. The van der Waals surface area contributed by atoms with Crippen LogP contribution < -0.4 is 0 Å². The Labute approximate surface area is 127 Å². The van der Waals surface area contributed by atoms with Crippen molar-refractivity contribution in [3.63, 3.8) is 0 Å². The lowest BCUT2D eigenvalue weighted by Gasteiger charge is -2.17. The van der Waals surface area contributed by atoms with Crippen LogP contribution in [0.5, 0.6) is 0 Å². The lowest BCUT2D eigenvalue weighted by molar-refractivity contribution is 0.0953. The average Bonchev–Trinajstić information content (AvgIpc) is 2.64. The fourth-order valence-electron chi connectivity index (χ4n) is 2.45. The van der Waals surface area contributed by atoms with Crippen LogP contribution in [0, 0.1) is 0 Å². The highest BCUT2D eigenvalue weighted by Gasteiger charge is 2.21. The normalized spacial score (nSPS) is 17.8. The number of rotatable bonds is 2. The van der Waals surface area contributed by atoms with Crippen LogP contribution in [0.4, 0.5) is 0 Å². The van der Waals surface area contributed by atoms with E-state index in [2.05, 4.69) is 4.98 Å². The van der Waals surface area contributed by atoms with Gasteiger partial charge in [0.15, 0.2) is 0 Å². The van der Waals surface area contributed by atoms with Crippen LogP contribution in [0.1, 0.15) is 40.2 Å². The predicted molar refractivity (Wildman–Crippen MR) is 80.7 cm³/mol. The van der Waals surface area contributed by atoms with Crippen LogP contribution in [-0.4, -0.2) is 26.9 Å². The summed E-state index contributed by atoms with van der Waals surface area (Å²) in [5.41, 5.74) is 3.33. The highest BCUT2D eigenvalue weighted by Crippen LogP contribution is 2.34. The van der Waals surface area contributed by atoms with Gasteiger partial charge >= 0.3 is 0 Å². The molecule has 4 nitrogen and oxygen atoms in total. The molecule has 1 aromatic carbocycles. The van der Waals surface area contributed by atoms with Crippen molar-refractivity contribution < 1.29 is 15.3 Å². The second kappa shape index (κ2) is 5.58. The highest BCUT2D eigenvalue weighted by atomic mass is 35.5. The summed E-state index contributed by atoms with van der Waals surface area (Å²) in [6.07, 6.45) is 3.37. The standard InChI is InChI=1S/C16H14ClNO3/c17-11-6-13-14(18-7-11)4-3-9-1-2-10(15(20)8-19)5-12(9)16(13)21/h1-7,15-16,19-21H,8H2. The molecule has 0 radical (unpaired) electrons. The molecule has 2 aromatic rings. The van der Waals surface area contributed by atoms with E-state index in [0.717, 1.165) is 5.56 Å². The third-order valence-corrected chi connectivity index (χ3v) is 3.80. The Morgan fingerprint density at radius 3 is 2.76 bits per heavy atom. The van der Waals surface area contributed by atoms with Crippen molar-refractivity contribution in [2.24, 2.45) is 0 Å². The Morgan fingerprint density at radius 1 is 1.19 bits per heavy atom. The van der Waals surface area contributed by atoms with Gasteiger partial charge in [-0.3, -0.25) is 4.98 Å². The summed E-state index contributed by atoms with van der Waals surface area (Å²) in [7, 11) is 0. The molecular formula is C16H14ClNO3. The van der Waals surface area contributed by atoms with Crippen LogP contribution in [0.2, 0.25) is 5.02 Å². The van der Waals surface area contributed by atoms with Gasteiger partial charge in [-0.2, -0.15) is 0 Å². The molecule has 0 aliphatic heterocycles. The third kappa shape index (κ3) is 2.59. The van der Waals surface area contributed by atoms with E-state index in [0.29, 0.717) is 27.4 Å². The molecule has 108 valence electrons. The summed E-state index contributed by atoms with van der Waals surface area (Å²) in [5.74, 6) is 0. The fourth-order valence-corrected chi connectivity index (χ4v) is 2.62. The number of halogens is 1. The van der Waals surface area contributed by atoms with Gasteiger partial charge in [0, 0.05) is 11.8 Å². The fraction of sp³-hybridized carbons (Fsp3) is 0.188. The van der Waals surface area contributed by atoms with Gasteiger partial charge in [-0.25, -0.2) is 0 Å². The number of aromatic nitrogens is 1. The monoisotopic (exact) mass is 303 g/mol. The summed E-state index contributed by atoms with van der Waals surface area (Å²) in [6, 6.07) is 6.91. The number of hydrogen-bond donors (Lipinski definition) is 3. The topological polar surface area (TPSA) is 73.6 Å². The van der Waals surface area contributed by atoms with Gasteiger partial charge in [-0.05, 0) is 34.9 Å². The van der Waals surface area contributed by atoms with Crippen molar-refractivity contribution in [2.45, 2.75) is 12.2 Å². The second-order valence-corrected chi connectivity index (χ2v) is 5.39. The lowest BCUT2D eigenvalue weighted by atomic mass is 9.95. The Kier molecular flexibility index (Phi) is 3.78. The molecule has 0 saturated carbocycles. The first-order valence-electron chi connectivity index (χ1n) is 6.54. The van der Waals surface area contributed by atoms with Crippen molar-refractivity contribution >= 4 is 23.8 Å². The molecule has 1 aromatic heterocycles. The molecule has 21 heavy (non-hydrogen) atoms. The molecular weight excluding hydrogens is 290 g/mol. The van der Waals surface area contributed by atoms with Crippen LogP contribution in [0.25, 0.3) is 12.2 Å². The van der Waals surface area contributed by atoms with Crippen molar-refractivity contribution in [1.29, 1.82) is 0 Å². The maximum absolute atomic E-state index is 10.6. The first-order chi connectivity index (χ1) is 10.1. The minimum Gasteiger partial charge on any atom is -0.393 e. The summed E-state index contributed by atoms with van der Waals surface area (Å²) in [4.78, 5) is 4.22. The largest absolute Gasteiger partial charge is 0.393 e. The van der Waals surface area contributed by atoms with Gasteiger partial charge < -0.3 is 15.3 Å². The van der Waals surface area contributed by atoms with Crippen molar-refractivity contribution in [3.05, 3.63) is 63.4 Å². The average molecular weight is 304 g/mol. The molecule has 2 atom stereocenters. The zero-order valence-corrected chi connectivity index (χ0v) is 11.8. The zero-order valence-electron chi connectivity index (χ0n) is 11.1. The van der Waals surface area contributed by atoms with Gasteiger partial charge in [0.05, 0.1) is 17.3 Å². The number of aliphatic hydroxyl groups is 3. The van der Waals surface area contributed by atoms with E-state index in [1.807, 2.05) is 12.2 Å². The Hall–Kier alpha value is -1.72. The number of nitrogens with zero attached hydrogens (tertiary/aromatic N) is 1. The molecule has 0 fully saturated rings. The Morgan fingerprint density at radius 2 is 2.00 bits per heavy atom. The summed E-state index contributed by atoms with van der Waals surface area (Å²) >= 11 is 5.96.